The Hall–Kier alpha value is -3.72. The third kappa shape index (κ3) is 4.44. The van der Waals surface area contributed by atoms with Gasteiger partial charge in [0.25, 0.3) is 0 Å². The van der Waals surface area contributed by atoms with Gasteiger partial charge in [-0.1, -0.05) is 6.07 Å². The van der Waals surface area contributed by atoms with Crippen molar-refractivity contribution < 1.29 is 48.3 Å². The number of fused-ring (bicyclic) bond motifs is 9. The van der Waals surface area contributed by atoms with Crippen LogP contribution in [0.1, 0.15) is 64.6 Å². The van der Waals surface area contributed by atoms with E-state index in [-0.39, 0.29) is 36.9 Å². The SMILES string of the molecule is COc1c(C)cc2c(c1O)[C@@H]1[C@@H]3[C@@H]4SC[C@@H](NC(C)=O)C(=O)OC[C@H](c5c6c(c(C)c(OC(C)=O)c54)OCO6)N3[C@@H](O)[C@@H](C2)N1C. The number of amides is 1. The van der Waals surface area contributed by atoms with Gasteiger partial charge in [-0.25, -0.2) is 4.79 Å². The summed E-state index contributed by atoms with van der Waals surface area (Å²) in [6.07, 6.45) is -0.567. The van der Waals surface area contributed by atoms with Crippen LogP contribution in [0.5, 0.6) is 28.7 Å². The van der Waals surface area contributed by atoms with Crippen molar-refractivity contribution >= 4 is 29.6 Å². The first kappa shape index (κ1) is 30.9. The number of benzene rings is 2. The second kappa shape index (κ2) is 11.2. The zero-order chi connectivity index (χ0) is 32.8. The molecule has 2 fully saturated rings. The van der Waals surface area contributed by atoms with Crippen molar-refractivity contribution in [1.29, 1.82) is 0 Å². The minimum absolute atomic E-state index is 0.0342. The fourth-order valence-electron chi connectivity index (χ4n) is 8.12. The Bertz CT molecular complexity index is 1670. The van der Waals surface area contributed by atoms with Crippen molar-refractivity contribution in [3.05, 3.63) is 39.4 Å². The highest BCUT2D eigenvalue weighted by atomic mass is 32.2. The van der Waals surface area contributed by atoms with E-state index in [0.717, 1.165) is 11.1 Å². The standard InChI is InChI=1S/C32H37N3O10S/c1-12-7-16-8-18-31(39)35-19-9-42-32(40)17(33-14(3)36)10-46-30(24(35)23(34(18)5)20(16)25(38)26(12)41-6)22-21(19)29-28(43-11-44-29)13(2)27(22)45-15(4)37/h7,17-19,23-24,30-31,38-39H,8-11H2,1-6H3,(H,33,36)/t17-,18-,19-,23-,24-,30-,31+/m1/s1. The van der Waals surface area contributed by atoms with Crippen molar-refractivity contribution in [2.45, 2.75) is 75.8 Å². The van der Waals surface area contributed by atoms with Crippen LogP contribution in [0.3, 0.4) is 0 Å². The van der Waals surface area contributed by atoms with Gasteiger partial charge in [-0.05, 0) is 38.4 Å². The number of aliphatic hydroxyl groups excluding tert-OH is 1. The van der Waals surface area contributed by atoms with E-state index in [1.807, 2.05) is 24.9 Å². The molecule has 4 bridgehead atoms. The van der Waals surface area contributed by atoms with E-state index in [9.17, 15) is 24.6 Å². The average molecular weight is 656 g/mol. The normalized spacial score (nSPS) is 29.6. The monoisotopic (exact) mass is 655 g/mol. The highest BCUT2D eigenvalue weighted by molar-refractivity contribution is 7.99. The third-order valence-electron chi connectivity index (χ3n) is 9.87. The van der Waals surface area contributed by atoms with Crippen LogP contribution in [0, 0.1) is 13.8 Å². The maximum Gasteiger partial charge on any atom is 0.329 e. The third-order valence-corrected chi connectivity index (χ3v) is 11.3. The predicted octanol–water partition coefficient (Wildman–Crippen LogP) is 2.16. The topological polar surface area (TPSA) is 156 Å². The number of piperazine rings is 1. The Kier molecular flexibility index (Phi) is 7.54. The van der Waals surface area contributed by atoms with E-state index in [1.165, 1.54) is 32.7 Å². The van der Waals surface area contributed by atoms with E-state index >= 15 is 0 Å². The lowest BCUT2D eigenvalue weighted by molar-refractivity contribution is -0.184. The van der Waals surface area contributed by atoms with E-state index < -0.39 is 47.6 Å². The predicted molar refractivity (Wildman–Crippen MR) is 164 cm³/mol. The van der Waals surface area contributed by atoms with E-state index in [0.29, 0.717) is 51.7 Å². The number of aliphatic hydroxyl groups is 1. The molecule has 14 heteroatoms. The minimum atomic E-state index is -1.02. The molecular weight excluding hydrogens is 618 g/mol. The Balaban J connectivity index is 1.52. The van der Waals surface area contributed by atoms with Crippen molar-refractivity contribution in [1.82, 2.24) is 15.1 Å². The number of esters is 2. The molecular formula is C32H37N3O10S. The Morgan fingerprint density at radius 1 is 1.09 bits per heavy atom. The molecule has 5 aliphatic rings. The van der Waals surface area contributed by atoms with Gasteiger partial charge in [-0.3, -0.25) is 19.4 Å². The molecule has 0 aliphatic carbocycles. The highest BCUT2D eigenvalue weighted by Crippen LogP contribution is 2.63. The van der Waals surface area contributed by atoms with Gasteiger partial charge in [0, 0.05) is 47.9 Å². The number of phenols is 1. The number of cyclic esters (lactones) is 1. The molecule has 0 saturated carbocycles. The second-order valence-corrected chi connectivity index (χ2v) is 13.6. The van der Waals surface area contributed by atoms with Crippen molar-refractivity contribution in [2.75, 3.05) is 33.3 Å². The lowest BCUT2D eigenvalue weighted by Crippen LogP contribution is -2.69. The Morgan fingerprint density at radius 2 is 1.83 bits per heavy atom. The number of phenolic OH excluding ortho intramolecular Hbond substituents is 1. The second-order valence-electron chi connectivity index (χ2n) is 12.5. The lowest BCUT2D eigenvalue weighted by atomic mass is 9.73. The summed E-state index contributed by atoms with van der Waals surface area (Å²) in [5, 5.41) is 26.2. The largest absolute Gasteiger partial charge is 0.504 e. The van der Waals surface area contributed by atoms with Crippen LogP contribution in [-0.4, -0.2) is 95.5 Å². The van der Waals surface area contributed by atoms with Crippen molar-refractivity contribution in [3.63, 3.8) is 0 Å². The molecule has 3 N–H and O–H groups in total. The number of hydrogen-bond donors (Lipinski definition) is 3. The first-order chi connectivity index (χ1) is 21.9. The molecule has 2 aromatic rings. The molecule has 7 rings (SSSR count). The molecule has 5 aliphatic heterocycles. The number of hydrogen-bond acceptors (Lipinski definition) is 13. The summed E-state index contributed by atoms with van der Waals surface area (Å²) in [5.74, 6) is 0.223. The molecule has 0 radical (unpaired) electrons. The van der Waals surface area contributed by atoms with Gasteiger partial charge in [0.05, 0.1) is 30.5 Å². The molecule has 0 spiro atoms. The van der Waals surface area contributed by atoms with E-state index in [2.05, 4.69) is 10.2 Å². The number of nitrogens with zero attached hydrogens (tertiary/aromatic N) is 2. The summed E-state index contributed by atoms with van der Waals surface area (Å²) in [6.45, 7) is 6.10. The molecule has 7 atom stereocenters. The number of carbonyl (C=O) groups is 3. The number of ether oxygens (including phenoxy) is 5. The van der Waals surface area contributed by atoms with E-state index in [4.69, 9.17) is 23.7 Å². The van der Waals surface area contributed by atoms with Crippen molar-refractivity contribution in [3.8, 4) is 28.7 Å². The number of thioether (sulfide) groups is 1. The van der Waals surface area contributed by atoms with Gasteiger partial charge >= 0.3 is 11.9 Å². The summed E-state index contributed by atoms with van der Waals surface area (Å²) in [4.78, 5) is 42.1. The Labute approximate surface area is 270 Å². The first-order valence-corrected chi connectivity index (χ1v) is 16.3. The lowest BCUT2D eigenvalue weighted by Gasteiger charge is -2.62. The number of aryl methyl sites for hydroxylation is 1. The zero-order valence-corrected chi connectivity index (χ0v) is 27.2. The zero-order valence-electron chi connectivity index (χ0n) is 26.4. The van der Waals surface area contributed by atoms with Gasteiger partial charge in [0.15, 0.2) is 23.0 Å². The smallest absolute Gasteiger partial charge is 0.329 e. The van der Waals surface area contributed by atoms with Gasteiger partial charge in [-0.2, -0.15) is 0 Å². The van der Waals surface area contributed by atoms with Crippen LogP contribution in [-0.2, 0) is 25.5 Å². The number of carbonyl (C=O) groups excluding carboxylic acids is 3. The van der Waals surface area contributed by atoms with Crippen LogP contribution in [0.2, 0.25) is 0 Å². The van der Waals surface area contributed by atoms with Crippen molar-refractivity contribution in [2.24, 2.45) is 0 Å². The highest BCUT2D eigenvalue weighted by Gasteiger charge is 2.60. The number of likely N-dealkylation sites (N-methyl/N-ethyl adjacent to an activating group) is 1. The molecule has 0 aromatic heterocycles. The number of aromatic hydroxyl groups is 1. The summed E-state index contributed by atoms with van der Waals surface area (Å²) >= 11 is 1.38. The first-order valence-electron chi connectivity index (χ1n) is 15.2. The van der Waals surface area contributed by atoms with Crippen LogP contribution < -0.4 is 24.3 Å². The summed E-state index contributed by atoms with van der Waals surface area (Å²) in [5.41, 5.74) is 4.24. The molecule has 13 nitrogen and oxygen atoms in total. The fraction of sp³-hybridized carbons (Fsp3) is 0.531. The minimum Gasteiger partial charge on any atom is -0.504 e. The van der Waals surface area contributed by atoms with Crippen LogP contribution >= 0.6 is 11.8 Å². The van der Waals surface area contributed by atoms with Gasteiger partial charge in [0.2, 0.25) is 12.7 Å². The average Bonchev–Trinajstić information content (AvgIpc) is 3.48. The molecule has 246 valence electrons. The maximum atomic E-state index is 13.3. The quantitative estimate of drug-likeness (QED) is 0.327. The van der Waals surface area contributed by atoms with Gasteiger partial charge < -0.3 is 39.2 Å². The number of methoxy groups -OCH3 is 1. The fourth-order valence-corrected chi connectivity index (χ4v) is 9.63. The van der Waals surface area contributed by atoms with Gasteiger partial charge in [0.1, 0.15) is 24.6 Å². The van der Waals surface area contributed by atoms with Crippen LogP contribution in [0.4, 0.5) is 0 Å². The number of nitrogens with one attached hydrogen (secondary N) is 1. The molecule has 46 heavy (non-hydrogen) atoms. The molecule has 5 heterocycles. The summed E-state index contributed by atoms with van der Waals surface area (Å²) in [6, 6.07) is -1.08. The van der Waals surface area contributed by atoms with Crippen LogP contribution in [0.15, 0.2) is 6.07 Å². The summed E-state index contributed by atoms with van der Waals surface area (Å²) in [7, 11) is 3.45. The summed E-state index contributed by atoms with van der Waals surface area (Å²) < 4.78 is 29.4. The van der Waals surface area contributed by atoms with Crippen LogP contribution in [0.25, 0.3) is 0 Å². The molecule has 1 amide bonds. The molecule has 2 saturated heterocycles. The van der Waals surface area contributed by atoms with Gasteiger partial charge in [-0.15, -0.1) is 11.8 Å². The molecule has 2 aromatic carbocycles. The van der Waals surface area contributed by atoms with E-state index in [1.54, 1.807) is 6.92 Å². The molecule has 0 unspecified atom stereocenters. The maximum absolute atomic E-state index is 13.3. The number of rotatable bonds is 3. The Morgan fingerprint density at radius 3 is 2.52 bits per heavy atom.